The second-order valence-corrected chi connectivity index (χ2v) is 9.92. The lowest BCUT2D eigenvalue weighted by Crippen LogP contribution is -2.27. The van der Waals surface area contributed by atoms with Crippen molar-refractivity contribution < 1.29 is 31.9 Å². The molecule has 1 amide bonds. The highest BCUT2D eigenvalue weighted by atomic mass is 32.2. The Bertz CT molecular complexity index is 1240. The molecule has 0 aliphatic carbocycles. The maximum atomic E-state index is 12.9. The van der Waals surface area contributed by atoms with Crippen molar-refractivity contribution in [3.63, 3.8) is 0 Å². The number of nitrogens with one attached hydrogen (secondary N) is 1. The molecule has 33 heavy (non-hydrogen) atoms. The van der Waals surface area contributed by atoms with E-state index in [1.807, 2.05) is 0 Å². The van der Waals surface area contributed by atoms with Crippen LogP contribution in [0.2, 0.25) is 0 Å². The van der Waals surface area contributed by atoms with Crippen LogP contribution in [0.4, 0.5) is 5.69 Å². The van der Waals surface area contributed by atoms with E-state index in [0.29, 0.717) is 35.9 Å². The molecule has 1 aliphatic rings. The van der Waals surface area contributed by atoms with E-state index in [-0.39, 0.29) is 27.5 Å². The van der Waals surface area contributed by atoms with Crippen molar-refractivity contribution in [2.24, 2.45) is 0 Å². The predicted octanol–water partition coefficient (Wildman–Crippen LogP) is 2.86. The molecular formula is C20H22N4O7S2. The summed E-state index contributed by atoms with van der Waals surface area (Å²) < 4.78 is 49.3. The molecule has 1 fully saturated rings. The molecule has 1 N–H and O–H groups in total. The first-order valence-electron chi connectivity index (χ1n) is 9.91. The lowest BCUT2D eigenvalue weighted by atomic mass is 10.2. The number of nitrogens with zero attached hydrogens (tertiary/aromatic N) is 3. The Kier molecular flexibility index (Phi) is 6.42. The first kappa shape index (κ1) is 22.9. The summed E-state index contributed by atoms with van der Waals surface area (Å²) in [7, 11) is 0.399. The lowest BCUT2D eigenvalue weighted by molar-refractivity contribution is 0.0743. The van der Waals surface area contributed by atoms with Gasteiger partial charge in [-0.3, -0.25) is 9.52 Å². The van der Waals surface area contributed by atoms with E-state index in [2.05, 4.69) is 14.9 Å². The smallest absolute Gasteiger partial charge is 0.316 e. The molecule has 0 bridgehead atoms. The summed E-state index contributed by atoms with van der Waals surface area (Å²) in [5, 5.41) is 5.42. The fraction of sp³-hybridized carbons (Fsp3) is 0.350. The molecule has 4 rings (SSSR count). The number of carbonyl (C=O) groups excluding carboxylic acids is 1. The molecule has 1 aromatic carbocycles. The third-order valence-corrected chi connectivity index (χ3v) is 7.84. The molecule has 0 spiro atoms. The maximum absolute atomic E-state index is 12.9. The number of ether oxygens (including phenoxy) is 3. The summed E-state index contributed by atoms with van der Waals surface area (Å²) in [6.07, 6.45) is 1.88. The Balaban J connectivity index is 1.55. The van der Waals surface area contributed by atoms with Crippen molar-refractivity contribution in [3.8, 4) is 28.6 Å². The third kappa shape index (κ3) is 4.59. The summed E-state index contributed by atoms with van der Waals surface area (Å²) in [5.41, 5.74) is 0.659. The number of sulfonamides is 1. The number of hydrogen-bond donors (Lipinski definition) is 1. The van der Waals surface area contributed by atoms with Crippen LogP contribution in [0, 0.1) is 0 Å². The zero-order chi connectivity index (χ0) is 23.6. The van der Waals surface area contributed by atoms with Crippen molar-refractivity contribution in [2.75, 3.05) is 39.1 Å². The summed E-state index contributed by atoms with van der Waals surface area (Å²) in [5.74, 6) is 0.670. The van der Waals surface area contributed by atoms with Gasteiger partial charge in [0.1, 0.15) is 4.21 Å². The molecule has 176 valence electrons. The Morgan fingerprint density at radius 3 is 2.36 bits per heavy atom. The monoisotopic (exact) mass is 494 g/mol. The van der Waals surface area contributed by atoms with Crippen LogP contribution in [-0.4, -0.2) is 63.8 Å². The fourth-order valence-electron chi connectivity index (χ4n) is 3.40. The number of methoxy groups -OCH3 is 3. The summed E-state index contributed by atoms with van der Waals surface area (Å²) in [4.78, 5) is 18.2. The van der Waals surface area contributed by atoms with E-state index in [4.69, 9.17) is 18.7 Å². The molecule has 0 atom stereocenters. The van der Waals surface area contributed by atoms with Gasteiger partial charge in [0.15, 0.2) is 11.5 Å². The predicted molar refractivity (Wildman–Crippen MR) is 120 cm³/mol. The number of thiophene rings is 1. The van der Waals surface area contributed by atoms with Crippen molar-refractivity contribution in [1.82, 2.24) is 15.0 Å². The fourth-order valence-corrected chi connectivity index (χ4v) is 5.60. The molecule has 3 heterocycles. The van der Waals surface area contributed by atoms with Gasteiger partial charge in [0.05, 0.1) is 27.0 Å². The van der Waals surface area contributed by atoms with Gasteiger partial charge in [0, 0.05) is 36.2 Å². The van der Waals surface area contributed by atoms with Crippen LogP contribution in [0.15, 0.2) is 32.3 Å². The van der Waals surface area contributed by atoms with Crippen LogP contribution in [0.25, 0.3) is 11.4 Å². The van der Waals surface area contributed by atoms with E-state index in [1.54, 1.807) is 10.3 Å². The lowest BCUT2D eigenvalue weighted by Gasteiger charge is -2.14. The number of hydrogen-bond acceptors (Lipinski definition) is 10. The van der Waals surface area contributed by atoms with Crippen molar-refractivity contribution in [3.05, 3.63) is 29.5 Å². The quantitative estimate of drug-likeness (QED) is 0.502. The van der Waals surface area contributed by atoms with Gasteiger partial charge in [-0.15, -0.1) is 11.3 Å². The van der Waals surface area contributed by atoms with E-state index in [1.165, 1.54) is 39.5 Å². The number of likely N-dealkylation sites (tertiary alicyclic amines) is 1. The SMILES string of the molecule is COc1cc(NS(=O)(=O)c2cc(-c3noc(C(=O)N4CCCC4)n3)cs2)cc(OC)c1OC. The molecule has 0 radical (unpaired) electrons. The molecule has 0 saturated carbocycles. The summed E-state index contributed by atoms with van der Waals surface area (Å²) in [6.45, 7) is 1.31. The zero-order valence-corrected chi connectivity index (χ0v) is 19.8. The Hall–Kier alpha value is -3.32. The molecule has 11 nitrogen and oxygen atoms in total. The van der Waals surface area contributed by atoms with Gasteiger partial charge in [0.25, 0.3) is 10.0 Å². The van der Waals surface area contributed by atoms with Crippen LogP contribution in [-0.2, 0) is 10.0 Å². The molecule has 1 aliphatic heterocycles. The summed E-state index contributed by atoms with van der Waals surface area (Å²) >= 11 is 0.986. The Morgan fingerprint density at radius 2 is 1.76 bits per heavy atom. The van der Waals surface area contributed by atoms with Gasteiger partial charge >= 0.3 is 11.8 Å². The summed E-state index contributed by atoms with van der Waals surface area (Å²) in [6, 6.07) is 4.39. The van der Waals surface area contributed by atoms with Gasteiger partial charge in [0.2, 0.25) is 11.6 Å². The highest BCUT2D eigenvalue weighted by Crippen LogP contribution is 2.40. The van der Waals surface area contributed by atoms with Crippen molar-refractivity contribution in [2.45, 2.75) is 17.1 Å². The van der Waals surface area contributed by atoms with Crippen LogP contribution in [0.3, 0.4) is 0 Å². The Morgan fingerprint density at radius 1 is 1.09 bits per heavy atom. The first-order valence-corrected chi connectivity index (χ1v) is 12.3. The second-order valence-electron chi connectivity index (χ2n) is 7.10. The molecule has 2 aromatic heterocycles. The number of carbonyl (C=O) groups is 1. The molecular weight excluding hydrogens is 472 g/mol. The maximum Gasteiger partial charge on any atom is 0.316 e. The van der Waals surface area contributed by atoms with Crippen LogP contribution >= 0.6 is 11.3 Å². The number of anilines is 1. The van der Waals surface area contributed by atoms with E-state index < -0.39 is 10.0 Å². The van der Waals surface area contributed by atoms with Crippen LogP contribution in [0.5, 0.6) is 17.2 Å². The van der Waals surface area contributed by atoms with E-state index >= 15 is 0 Å². The van der Waals surface area contributed by atoms with Crippen molar-refractivity contribution >= 4 is 33.0 Å². The largest absolute Gasteiger partial charge is 0.493 e. The number of benzene rings is 1. The average molecular weight is 495 g/mol. The minimum absolute atomic E-state index is 0.0310. The standard InChI is InChI=1S/C20H22N4O7S2/c1-28-14-9-13(10-15(29-2)17(14)30-3)23-33(26,27)16-8-12(11-32-16)18-21-19(31-22-18)20(25)24-6-4-5-7-24/h8-11,23H,4-7H2,1-3H3. The average Bonchev–Trinajstić information content (AvgIpc) is 3.58. The van der Waals surface area contributed by atoms with Gasteiger partial charge in [-0.1, -0.05) is 5.16 Å². The minimum atomic E-state index is -3.94. The number of rotatable bonds is 8. The normalized spacial score (nSPS) is 13.7. The molecule has 0 unspecified atom stereocenters. The topological polar surface area (TPSA) is 133 Å². The molecule has 1 saturated heterocycles. The highest BCUT2D eigenvalue weighted by Gasteiger charge is 2.26. The van der Waals surface area contributed by atoms with Gasteiger partial charge in [-0.05, 0) is 18.9 Å². The van der Waals surface area contributed by atoms with Crippen LogP contribution in [0.1, 0.15) is 23.5 Å². The first-order chi connectivity index (χ1) is 15.9. The third-order valence-electron chi connectivity index (χ3n) is 5.02. The van der Waals surface area contributed by atoms with Gasteiger partial charge < -0.3 is 23.6 Å². The zero-order valence-electron chi connectivity index (χ0n) is 18.2. The molecule has 13 heteroatoms. The van der Waals surface area contributed by atoms with Gasteiger partial charge in [-0.25, -0.2) is 8.42 Å². The number of aromatic nitrogens is 2. The van der Waals surface area contributed by atoms with E-state index in [0.717, 1.165) is 24.2 Å². The second kappa shape index (κ2) is 9.27. The minimum Gasteiger partial charge on any atom is -0.493 e. The van der Waals surface area contributed by atoms with Gasteiger partial charge in [-0.2, -0.15) is 4.98 Å². The number of amides is 1. The highest BCUT2D eigenvalue weighted by molar-refractivity contribution is 7.94. The van der Waals surface area contributed by atoms with Crippen LogP contribution < -0.4 is 18.9 Å². The van der Waals surface area contributed by atoms with Crippen molar-refractivity contribution in [1.29, 1.82) is 0 Å². The Labute approximate surface area is 194 Å². The van der Waals surface area contributed by atoms with E-state index in [9.17, 15) is 13.2 Å². The molecule has 3 aromatic rings.